The van der Waals surface area contributed by atoms with Crippen molar-refractivity contribution in [1.29, 1.82) is 0 Å². The first-order chi connectivity index (χ1) is 9.58. The summed E-state index contributed by atoms with van der Waals surface area (Å²) < 4.78 is 0. The summed E-state index contributed by atoms with van der Waals surface area (Å²) in [5, 5.41) is 9.09. The maximum Gasteiger partial charge on any atom is 0.323 e. The summed E-state index contributed by atoms with van der Waals surface area (Å²) in [4.78, 5) is 32.0. The lowest BCUT2D eigenvalue weighted by molar-refractivity contribution is -0.135. The molecule has 20 heavy (non-hydrogen) atoms. The van der Waals surface area contributed by atoms with Crippen molar-refractivity contribution in [1.82, 2.24) is 9.97 Å². The molecule has 2 aromatic rings. The maximum atomic E-state index is 12.3. The summed E-state index contributed by atoms with van der Waals surface area (Å²) >= 11 is 5.60. The van der Waals surface area contributed by atoms with Crippen LogP contribution in [0.15, 0.2) is 42.7 Å². The van der Waals surface area contributed by atoms with E-state index >= 15 is 0 Å². The Bertz CT molecular complexity index is 617. The lowest BCUT2D eigenvalue weighted by Crippen LogP contribution is -2.36. The second kappa shape index (κ2) is 6.12. The summed E-state index contributed by atoms with van der Waals surface area (Å²) in [5.41, 5.74) is 0.496. The number of hydrogen-bond donors (Lipinski definition) is 1. The summed E-state index contributed by atoms with van der Waals surface area (Å²) in [6, 6.07) is 8.49. The Morgan fingerprint density at radius 3 is 2.40 bits per heavy atom. The van der Waals surface area contributed by atoms with Crippen LogP contribution in [0.5, 0.6) is 0 Å². The molecule has 6 nitrogen and oxygen atoms in total. The van der Waals surface area contributed by atoms with Gasteiger partial charge in [-0.25, -0.2) is 9.97 Å². The molecule has 1 heterocycles. The van der Waals surface area contributed by atoms with Crippen molar-refractivity contribution in [3.8, 4) is 0 Å². The van der Waals surface area contributed by atoms with E-state index < -0.39 is 18.4 Å². The Morgan fingerprint density at radius 2 is 1.85 bits per heavy atom. The van der Waals surface area contributed by atoms with Crippen molar-refractivity contribution in [3.63, 3.8) is 0 Å². The molecule has 0 fully saturated rings. The van der Waals surface area contributed by atoms with Gasteiger partial charge in [0.15, 0.2) is 0 Å². The van der Waals surface area contributed by atoms with E-state index in [1.165, 1.54) is 12.4 Å². The number of aliphatic carboxylic acids is 1. The van der Waals surface area contributed by atoms with E-state index in [1.54, 1.807) is 30.3 Å². The second-order valence-corrected chi connectivity index (χ2v) is 4.23. The molecule has 0 atom stereocenters. The van der Waals surface area contributed by atoms with Crippen molar-refractivity contribution in [2.45, 2.75) is 0 Å². The largest absolute Gasteiger partial charge is 0.480 e. The number of nitrogens with zero attached hydrogens (tertiary/aromatic N) is 3. The van der Waals surface area contributed by atoms with Gasteiger partial charge < -0.3 is 5.11 Å². The summed E-state index contributed by atoms with van der Waals surface area (Å²) in [6.07, 6.45) is 2.45. The summed E-state index contributed by atoms with van der Waals surface area (Å²) in [6.45, 7) is -0.465. The first kappa shape index (κ1) is 14.0. The molecule has 0 saturated heterocycles. The molecule has 2 rings (SSSR count). The predicted octanol–water partition coefficient (Wildman–Crippen LogP) is 1.86. The monoisotopic (exact) mass is 291 g/mol. The molecular weight excluding hydrogens is 282 g/mol. The lowest BCUT2D eigenvalue weighted by Gasteiger charge is -2.20. The smallest absolute Gasteiger partial charge is 0.323 e. The molecule has 7 heteroatoms. The Hall–Kier alpha value is -2.47. The van der Waals surface area contributed by atoms with Crippen LogP contribution in [-0.2, 0) is 4.79 Å². The van der Waals surface area contributed by atoms with Crippen LogP contribution in [0, 0.1) is 0 Å². The van der Waals surface area contributed by atoms with Gasteiger partial charge in [-0.05, 0) is 12.1 Å². The van der Waals surface area contributed by atoms with Crippen LogP contribution < -0.4 is 4.90 Å². The van der Waals surface area contributed by atoms with Crippen molar-refractivity contribution < 1.29 is 14.7 Å². The molecule has 0 spiro atoms. The third-order valence-corrected chi connectivity index (χ3v) is 2.64. The standard InChI is InChI=1S/C13H10ClN3O3/c14-11-7-15-10(6-16-11)13(20)17(8-12(18)19)9-4-2-1-3-5-9/h1-7H,8H2,(H,18,19). The third-order valence-electron chi connectivity index (χ3n) is 2.45. The van der Waals surface area contributed by atoms with Crippen LogP contribution in [0.1, 0.15) is 10.5 Å². The third kappa shape index (κ3) is 3.30. The molecule has 0 aliphatic rings. The SMILES string of the molecule is O=C(O)CN(C(=O)c1cnc(Cl)cn1)c1ccccc1. The average Bonchev–Trinajstić information content (AvgIpc) is 2.45. The fourth-order valence-electron chi connectivity index (χ4n) is 1.58. The van der Waals surface area contributed by atoms with Gasteiger partial charge in [-0.15, -0.1) is 0 Å². The van der Waals surface area contributed by atoms with Crippen molar-refractivity contribution in [2.24, 2.45) is 0 Å². The van der Waals surface area contributed by atoms with Gasteiger partial charge in [-0.1, -0.05) is 29.8 Å². The second-order valence-electron chi connectivity index (χ2n) is 3.84. The highest BCUT2D eigenvalue weighted by Crippen LogP contribution is 2.16. The lowest BCUT2D eigenvalue weighted by atomic mass is 10.2. The molecule has 1 N–H and O–H groups in total. The number of carboxylic acid groups (broad SMARTS) is 1. The van der Waals surface area contributed by atoms with E-state index in [1.807, 2.05) is 0 Å². The first-order valence-electron chi connectivity index (χ1n) is 5.64. The van der Waals surface area contributed by atoms with E-state index in [2.05, 4.69) is 9.97 Å². The van der Waals surface area contributed by atoms with Crippen LogP contribution in [0.25, 0.3) is 0 Å². The molecule has 102 valence electrons. The molecule has 0 radical (unpaired) electrons. The molecule has 1 aromatic carbocycles. The van der Waals surface area contributed by atoms with Gasteiger partial charge in [-0.3, -0.25) is 14.5 Å². The van der Waals surface area contributed by atoms with Gasteiger partial charge in [-0.2, -0.15) is 0 Å². The van der Waals surface area contributed by atoms with Crippen molar-refractivity contribution in [2.75, 3.05) is 11.4 Å². The summed E-state index contributed by atoms with van der Waals surface area (Å²) in [5.74, 6) is -1.67. The highest BCUT2D eigenvalue weighted by Gasteiger charge is 2.21. The Labute approximate surface area is 119 Å². The quantitative estimate of drug-likeness (QED) is 0.929. The number of aromatic nitrogens is 2. The number of amides is 1. The zero-order valence-corrected chi connectivity index (χ0v) is 11.0. The molecule has 0 unspecified atom stereocenters. The van der Waals surface area contributed by atoms with Crippen LogP contribution >= 0.6 is 11.6 Å². The molecule has 0 aliphatic carbocycles. The van der Waals surface area contributed by atoms with Crippen LogP contribution in [0.3, 0.4) is 0 Å². The van der Waals surface area contributed by atoms with E-state index in [0.29, 0.717) is 5.69 Å². The minimum absolute atomic E-state index is 0.0273. The fraction of sp³-hybridized carbons (Fsp3) is 0.0769. The number of carboxylic acids is 1. The van der Waals surface area contributed by atoms with E-state index in [9.17, 15) is 9.59 Å². The Balaban J connectivity index is 2.34. The number of benzene rings is 1. The van der Waals surface area contributed by atoms with Gasteiger partial charge >= 0.3 is 5.97 Å². The molecule has 0 aliphatic heterocycles. The van der Waals surface area contributed by atoms with Gasteiger partial charge in [0.1, 0.15) is 17.4 Å². The van der Waals surface area contributed by atoms with Gasteiger partial charge in [0.25, 0.3) is 5.91 Å². The van der Waals surface area contributed by atoms with E-state index in [-0.39, 0.29) is 10.8 Å². The van der Waals surface area contributed by atoms with Crippen molar-refractivity contribution in [3.05, 3.63) is 53.6 Å². The minimum Gasteiger partial charge on any atom is -0.480 e. The van der Waals surface area contributed by atoms with E-state index in [4.69, 9.17) is 16.7 Å². The molecule has 0 bridgehead atoms. The molecule has 0 saturated carbocycles. The zero-order valence-electron chi connectivity index (χ0n) is 10.2. The predicted molar refractivity (Wildman–Crippen MR) is 72.8 cm³/mol. The normalized spacial score (nSPS) is 10.1. The number of hydrogen-bond acceptors (Lipinski definition) is 4. The molecule has 1 aromatic heterocycles. The Morgan fingerprint density at radius 1 is 1.15 bits per heavy atom. The fourth-order valence-corrected chi connectivity index (χ4v) is 1.68. The van der Waals surface area contributed by atoms with Gasteiger partial charge in [0.05, 0.1) is 12.4 Å². The number of rotatable bonds is 4. The number of halogens is 1. The van der Waals surface area contributed by atoms with Gasteiger partial charge in [0, 0.05) is 5.69 Å². The summed E-state index contributed by atoms with van der Waals surface area (Å²) in [7, 11) is 0. The van der Waals surface area contributed by atoms with Crippen LogP contribution in [-0.4, -0.2) is 33.5 Å². The average molecular weight is 292 g/mol. The highest BCUT2D eigenvalue weighted by atomic mass is 35.5. The van der Waals surface area contributed by atoms with Crippen LogP contribution in [0.4, 0.5) is 5.69 Å². The number of carbonyl (C=O) groups is 2. The van der Waals surface area contributed by atoms with Crippen molar-refractivity contribution >= 4 is 29.2 Å². The molecule has 1 amide bonds. The number of anilines is 1. The Kier molecular flexibility index (Phi) is 4.27. The number of carbonyl (C=O) groups excluding carboxylic acids is 1. The van der Waals surface area contributed by atoms with Gasteiger partial charge in [0.2, 0.25) is 0 Å². The van der Waals surface area contributed by atoms with Crippen LogP contribution in [0.2, 0.25) is 5.15 Å². The highest BCUT2D eigenvalue weighted by molar-refractivity contribution is 6.29. The number of para-hydroxylation sites is 1. The maximum absolute atomic E-state index is 12.3. The minimum atomic E-state index is -1.12. The van der Waals surface area contributed by atoms with E-state index in [0.717, 1.165) is 4.90 Å². The molecular formula is C13H10ClN3O3. The zero-order chi connectivity index (χ0) is 14.5. The topological polar surface area (TPSA) is 83.4 Å². The first-order valence-corrected chi connectivity index (χ1v) is 6.02.